The first-order valence-electron chi connectivity index (χ1n) is 9.41. The van der Waals surface area contributed by atoms with Crippen molar-refractivity contribution in [2.45, 2.75) is 32.2 Å². The number of hydrogen-bond donors (Lipinski definition) is 1. The minimum atomic E-state index is -0.672. The van der Waals surface area contributed by atoms with Crippen LogP contribution in [0.25, 0.3) is 0 Å². The van der Waals surface area contributed by atoms with Gasteiger partial charge in [-0.3, -0.25) is 9.69 Å². The van der Waals surface area contributed by atoms with Crippen molar-refractivity contribution in [2.24, 2.45) is 5.92 Å². The van der Waals surface area contributed by atoms with Gasteiger partial charge in [0.25, 0.3) is 0 Å². The van der Waals surface area contributed by atoms with Crippen LogP contribution in [-0.4, -0.2) is 35.7 Å². The van der Waals surface area contributed by atoms with Crippen LogP contribution >= 0.6 is 0 Å². The van der Waals surface area contributed by atoms with E-state index in [1.165, 1.54) is 11.1 Å². The molecule has 4 nitrogen and oxygen atoms in total. The topological polar surface area (TPSA) is 49.8 Å². The lowest BCUT2D eigenvalue weighted by molar-refractivity contribution is -0.143. The summed E-state index contributed by atoms with van der Waals surface area (Å²) in [6.07, 6.45) is 3.77. The summed E-state index contributed by atoms with van der Waals surface area (Å²) in [4.78, 5) is 13.4. The number of hydrogen-bond acceptors (Lipinski definition) is 3. The van der Waals surface area contributed by atoms with Gasteiger partial charge < -0.3 is 9.84 Å². The first kappa shape index (κ1) is 18.5. The summed E-state index contributed by atoms with van der Waals surface area (Å²) < 4.78 is 5.83. The van der Waals surface area contributed by atoms with E-state index in [9.17, 15) is 9.90 Å². The number of ether oxygens (including phenoxy) is 1. The fraction of sp³-hybridized carbons (Fsp3) is 0.409. The second-order valence-electron chi connectivity index (χ2n) is 6.99. The van der Waals surface area contributed by atoms with Gasteiger partial charge in [-0.25, -0.2) is 0 Å². The molecule has 2 aromatic rings. The maximum atomic E-state index is 11.2. The monoisotopic (exact) mass is 353 g/mol. The molecule has 26 heavy (non-hydrogen) atoms. The summed E-state index contributed by atoms with van der Waals surface area (Å²) in [6, 6.07) is 18.6. The van der Waals surface area contributed by atoms with Crippen LogP contribution in [0.15, 0.2) is 54.6 Å². The van der Waals surface area contributed by atoms with E-state index < -0.39 is 5.97 Å². The van der Waals surface area contributed by atoms with E-state index in [1.54, 1.807) is 0 Å². The second-order valence-corrected chi connectivity index (χ2v) is 6.99. The molecule has 1 atom stereocenters. The molecule has 0 radical (unpaired) electrons. The molecule has 0 aromatic heterocycles. The highest BCUT2D eigenvalue weighted by molar-refractivity contribution is 5.70. The number of likely N-dealkylation sites (tertiary alicyclic amines) is 1. The third-order valence-corrected chi connectivity index (χ3v) is 4.91. The predicted octanol–water partition coefficient (Wildman–Crippen LogP) is 3.99. The normalized spacial score (nSPS) is 17.8. The molecule has 138 valence electrons. The molecule has 2 aromatic carbocycles. The molecule has 1 saturated heterocycles. The van der Waals surface area contributed by atoms with Crippen molar-refractivity contribution in [3.8, 4) is 5.75 Å². The zero-order chi connectivity index (χ0) is 18.2. The SMILES string of the molecule is O=C(O)C1CCCN(Cc2ccc(OCCCc3ccccc3)cc2)C1. The lowest BCUT2D eigenvalue weighted by Gasteiger charge is -2.30. The van der Waals surface area contributed by atoms with Crippen LogP contribution < -0.4 is 4.74 Å². The summed E-state index contributed by atoms with van der Waals surface area (Å²) in [5, 5.41) is 9.19. The summed E-state index contributed by atoms with van der Waals surface area (Å²) in [5.74, 6) is -0.00575. The molecule has 1 fully saturated rings. The predicted molar refractivity (Wildman–Crippen MR) is 102 cm³/mol. The number of aryl methyl sites for hydroxylation is 1. The fourth-order valence-electron chi connectivity index (χ4n) is 3.46. The van der Waals surface area contributed by atoms with Crippen LogP contribution in [0.5, 0.6) is 5.75 Å². The quantitative estimate of drug-likeness (QED) is 0.729. The standard InChI is InChI=1S/C22H27NO3/c24-22(25)20-9-4-14-23(17-20)16-19-10-12-21(13-11-19)26-15-5-8-18-6-2-1-3-7-18/h1-3,6-7,10-13,20H,4-5,8-9,14-17H2,(H,24,25). The Morgan fingerprint density at radius 2 is 1.85 bits per heavy atom. The van der Waals surface area contributed by atoms with E-state index in [-0.39, 0.29) is 5.92 Å². The van der Waals surface area contributed by atoms with E-state index in [4.69, 9.17) is 4.74 Å². The Labute approximate surface area is 155 Å². The smallest absolute Gasteiger partial charge is 0.307 e. The van der Waals surface area contributed by atoms with Gasteiger partial charge in [0.1, 0.15) is 5.75 Å². The van der Waals surface area contributed by atoms with E-state index in [0.29, 0.717) is 13.2 Å². The maximum Gasteiger partial charge on any atom is 0.307 e. The first-order valence-corrected chi connectivity index (χ1v) is 9.41. The molecule has 1 N–H and O–H groups in total. The van der Waals surface area contributed by atoms with E-state index in [0.717, 1.165) is 44.5 Å². The highest BCUT2D eigenvalue weighted by Gasteiger charge is 2.25. The Hall–Kier alpha value is -2.33. The fourth-order valence-corrected chi connectivity index (χ4v) is 3.46. The highest BCUT2D eigenvalue weighted by Crippen LogP contribution is 2.20. The average molecular weight is 353 g/mol. The maximum absolute atomic E-state index is 11.2. The number of carboxylic acid groups (broad SMARTS) is 1. The molecule has 1 aliphatic rings. The molecule has 0 saturated carbocycles. The van der Waals surface area contributed by atoms with E-state index >= 15 is 0 Å². The summed E-state index contributed by atoms with van der Waals surface area (Å²) in [7, 11) is 0. The molecule has 1 aliphatic heterocycles. The van der Waals surface area contributed by atoms with Gasteiger partial charge >= 0.3 is 5.97 Å². The summed E-state index contributed by atoms with van der Waals surface area (Å²) in [6.45, 7) is 3.13. The van der Waals surface area contributed by atoms with Crippen molar-refractivity contribution in [1.29, 1.82) is 0 Å². The second kappa shape index (κ2) is 9.39. The van der Waals surface area contributed by atoms with Gasteiger partial charge in [-0.2, -0.15) is 0 Å². The van der Waals surface area contributed by atoms with Crippen LogP contribution in [0.1, 0.15) is 30.4 Å². The number of piperidine rings is 1. The lowest BCUT2D eigenvalue weighted by Crippen LogP contribution is -2.38. The van der Waals surface area contributed by atoms with Crippen molar-refractivity contribution in [3.05, 3.63) is 65.7 Å². The van der Waals surface area contributed by atoms with Crippen LogP contribution in [0.4, 0.5) is 0 Å². The molecular formula is C22H27NO3. The zero-order valence-corrected chi connectivity index (χ0v) is 15.1. The van der Waals surface area contributed by atoms with Gasteiger partial charge in [0.2, 0.25) is 0 Å². The van der Waals surface area contributed by atoms with Gasteiger partial charge in [0, 0.05) is 13.1 Å². The Kier molecular flexibility index (Phi) is 6.67. The van der Waals surface area contributed by atoms with Gasteiger partial charge in [-0.1, -0.05) is 42.5 Å². The van der Waals surface area contributed by atoms with Crippen LogP contribution in [0, 0.1) is 5.92 Å². The van der Waals surface area contributed by atoms with Gasteiger partial charge in [0.05, 0.1) is 12.5 Å². The zero-order valence-electron chi connectivity index (χ0n) is 15.1. The number of carbonyl (C=O) groups is 1. The molecule has 0 spiro atoms. The molecule has 0 aliphatic carbocycles. The summed E-state index contributed by atoms with van der Waals surface area (Å²) >= 11 is 0. The first-order chi connectivity index (χ1) is 12.7. The molecular weight excluding hydrogens is 326 g/mol. The van der Waals surface area contributed by atoms with Crippen molar-refractivity contribution < 1.29 is 14.6 Å². The minimum absolute atomic E-state index is 0.226. The van der Waals surface area contributed by atoms with E-state index in [2.05, 4.69) is 41.3 Å². The van der Waals surface area contributed by atoms with Crippen LogP contribution in [-0.2, 0) is 17.8 Å². The van der Waals surface area contributed by atoms with Gasteiger partial charge in [-0.05, 0) is 55.5 Å². The lowest BCUT2D eigenvalue weighted by atomic mass is 9.98. The Morgan fingerprint density at radius 3 is 2.58 bits per heavy atom. The molecule has 1 unspecified atom stereocenters. The van der Waals surface area contributed by atoms with Crippen molar-refractivity contribution >= 4 is 5.97 Å². The molecule has 3 rings (SSSR count). The molecule has 0 amide bonds. The number of rotatable bonds is 8. The molecule has 1 heterocycles. The van der Waals surface area contributed by atoms with Gasteiger partial charge in [0.15, 0.2) is 0 Å². The Bertz CT molecular complexity index is 684. The van der Waals surface area contributed by atoms with Gasteiger partial charge in [-0.15, -0.1) is 0 Å². The Morgan fingerprint density at radius 1 is 1.08 bits per heavy atom. The molecule has 4 heteroatoms. The minimum Gasteiger partial charge on any atom is -0.494 e. The Balaban J connectivity index is 1.41. The number of carboxylic acids is 1. The highest BCUT2D eigenvalue weighted by atomic mass is 16.5. The third-order valence-electron chi connectivity index (χ3n) is 4.91. The molecule has 0 bridgehead atoms. The largest absolute Gasteiger partial charge is 0.494 e. The average Bonchev–Trinajstić information content (AvgIpc) is 2.67. The number of aliphatic carboxylic acids is 1. The van der Waals surface area contributed by atoms with Crippen molar-refractivity contribution in [1.82, 2.24) is 4.90 Å². The van der Waals surface area contributed by atoms with Crippen molar-refractivity contribution in [2.75, 3.05) is 19.7 Å². The van der Waals surface area contributed by atoms with Crippen LogP contribution in [0.2, 0.25) is 0 Å². The van der Waals surface area contributed by atoms with E-state index in [1.807, 2.05) is 18.2 Å². The van der Waals surface area contributed by atoms with Crippen LogP contribution in [0.3, 0.4) is 0 Å². The third kappa shape index (κ3) is 5.60. The number of benzene rings is 2. The van der Waals surface area contributed by atoms with Crippen molar-refractivity contribution in [3.63, 3.8) is 0 Å². The number of nitrogens with zero attached hydrogens (tertiary/aromatic N) is 1. The summed E-state index contributed by atoms with van der Waals surface area (Å²) in [5.41, 5.74) is 2.54.